The van der Waals surface area contributed by atoms with Crippen molar-refractivity contribution in [3.8, 4) is 11.5 Å². The van der Waals surface area contributed by atoms with Gasteiger partial charge >= 0.3 is 5.97 Å². The first-order valence-corrected chi connectivity index (χ1v) is 9.64. The standard InChI is InChI=1S/C22H21ClN2O5/c1-4-28-19-12-14(9-10-18(19)29-13-20(26)25(2)3)11-17-22(27)30-21(24-17)15-7-5-6-8-16(15)23/h5-12H,4,13H2,1-3H3/b17-11-. The minimum absolute atomic E-state index is 0.106. The number of benzene rings is 2. The molecular weight excluding hydrogens is 408 g/mol. The highest BCUT2D eigenvalue weighted by Gasteiger charge is 2.25. The van der Waals surface area contributed by atoms with Crippen LogP contribution in [0, 0.1) is 0 Å². The zero-order valence-electron chi connectivity index (χ0n) is 16.8. The Balaban J connectivity index is 1.85. The number of cyclic esters (lactones) is 1. The van der Waals surface area contributed by atoms with E-state index in [1.807, 2.05) is 6.92 Å². The molecule has 2 aromatic carbocycles. The largest absolute Gasteiger partial charge is 0.490 e. The summed E-state index contributed by atoms with van der Waals surface area (Å²) in [6, 6.07) is 12.1. The Morgan fingerprint density at radius 1 is 1.17 bits per heavy atom. The van der Waals surface area contributed by atoms with Gasteiger partial charge in [-0.25, -0.2) is 9.79 Å². The summed E-state index contributed by atoms with van der Waals surface area (Å²) in [5.74, 6) is 0.311. The lowest BCUT2D eigenvalue weighted by Gasteiger charge is -2.14. The van der Waals surface area contributed by atoms with Crippen LogP contribution in [0.4, 0.5) is 0 Å². The van der Waals surface area contributed by atoms with Crippen molar-refractivity contribution in [2.75, 3.05) is 27.3 Å². The molecule has 2 aromatic rings. The van der Waals surface area contributed by atoms with Crippen molar-refractivity contribution < 1.29 is 23.8 Å². The van der Waals surface area contributed by atoms with Gasteiger partial charge in [-0.2, -0.15) is 0 Å². The van der Waals surface area contributed by atoms with Crippen LogP contribution in [-0.4, -0.2) is 50.0 Å². The zero-order chi connectivity index (χ0) is 21.7. The molecule has 3 rings (SSSR count). The van der Waals surface area contributed by atoms with Gasteiger partial charge in [0.2, 0.25) is 5.90 Å². The number of carbonyl (C=O) groups excluding carboxylic acids is 2. The van der Waals surface area contributed by atoms with Crippen LogP contribution in [0.2, 0.25) is 5.02 Å². The molecule has 0 fully saturated rings. The van der Waals surface area contributed by atoms with Gasteiger partial charge in [-0.3, -0.25) is 4.79 Å². The molecule has 7 nitrogen and oxygen atoms in total. The fourth-order valence-corrected chi connectivity index (χ4v) is 2.80. The second-order valence-corrected chi connectivity index (χ2v) is 6.94. The van der Waals surface area contributed by atoms with E-state index in [9.17, 15) is 9.59 Å². The number of rotatable bonds is 7. The van der Waals surface area contributed by atoms with E-state index in [0.717, 1.165) is 0 Å². The first kappa shape index (κ1) is 21.4. The van der Waals surface area contributed by atoms with Crippen molar-refractivity contribution in [3.63, 3.8) is 0 Å². The Hall–Kier alpha value is -3.32. The van der Waals surface area contributed by atoms with E-state index in [-0.39, 0.29) is 24.1 Å². The minimum atomic E-state index is -0.570. The molecule has 1 aliphatic rings. The lowest BCUT2D eigenvalue weighted by Crippen LogP contribution is -2.27. The molecule has 0 saturated heterocycles. The number of amides is 1. The predicted molar refractivity (Wildman–Crippen MR) is 114 cm³/mol. The number of halogens is 1. The maximum atomic E-state index is 12.2. The third kappa shape index (κ3) is 4.99. The summed E-state index contributed by atoms with van der Waals surface area (Å²) in [6.07, 6.45) is 1.59. The maximum absolute atomic E-state index is 12.2. The van der Waals surface area contributed by atoms with Gasteiger partial charge in [0, 0.05) is 14.1 Å². The lowest BCUT2D eigenvalue weighted by atomic mass is 10.1. The molecule has 1 amide bonds. The number of esters is 1. The van der Waals surface area contributed by atoms with Crippen molar-refractivity contribution in [1.29, 1.82) is 0 Å². The number of aliphatic imine (C=N–C) groups is 1. The summed E-state index contributed by atoms with van der Waals surface area (Å²) >= 11 is 6.16. The fraction of sp³-hybridized carbons (Fsp3) is 0.227. The average Bonchev–Trinajstić information content (AvgIpc) is 3.07. The second-order valence-electron chi connectivity index (χ2n) is 6.53. The fourth-order valence-electron chi connectivity index (χ4n) is 2.59. The molecule has 0 unspecified atom stereocenters. The monoisotopic (exact) mass is 428 g/mol. The highest BCUT2D eigenvalue weighted by molar-refractivity contribution is 6.34. The van der Waals surface area contributed by atoms with Crippen LogP contribution in [-0.2, 0) is 14.3 Å². The van der Waals surface area contributed by atoms with Crippen LogP contribution in [0.3, 0.4) is 0 Å². The van der Waals surface area contributed by atoms with Crippen LogP contribution in [0.5, 0.6) is 11.5 Å². The molecule has 1 heterocycles. The van der Waals surface area contributed by atoms with E-state index < -0.39 is 5.97 Å². The summed E-state index contributed by atoms with van der Waals surface area (Å²) in [5.41, 5.74) is 1.35. The summed E-state index contributed by atoms with van der Waals surface area (Å²) < 4.78 is 16.5. The van der Waals surface area contributed by atoms with Crippen molar-refractivity contribution in [1.82, 2.24) is 4.90 Å². The van der Waals surface area contributed by atoms with Gasteiger partial charge in [0.25, 0.3) is 5.91 Å². The Morgan fingerprint density at radius 2 is 1.93 bits per heavy atom. The summed E-state index contributed by atoms with van der Waals surface area (Å²) in [7, 11) is 3.31. The number of ether oxygens (including phenoxy) is 3. The highest BCUT2D eigenvalue weighted by Crippen LogP contribution is 2.30. The number of nitrogens with zero attached hydrogens (tertiary/aromatic N) is 2. The van der Waals surface area contributed by atoms with E-state index in [2.05, 4.69) is 4.99 Å². The number of carbonyl (C=O) groups is 2. The lowest BCUT2D eigenvalue weighted by molar-refractivity contribution is -0.131. The SMILES string of the molecule is CCOc1cc(/C=C2\N=C(c3ccccc3Cl)OC2=O)ccc1OCC(=O)N(C)C. The average molecular weight is 429 g/mol. The second kappa shape index (κ2) is 9.45. The van der Waals surface area contributed by atoms with Gasteiger partial charge in [0.05, 0.1) is 17.2 Å². The van der Waals surface area contributed by atoms with E-state index in [1.54, 1.807) is 62.6 Å². The van der Waals surface area contributed by atoms with E-state index in [1.165, 1.54) is 4.90 Å². The molecule has 0 aromatic heterocycles. The zero-order valence-corrected chi connectivity index (χ0v) is 17.6. The van der Waals surface area contributed by atoms with Gasteiger partial charge in [-0.1, -0.05) is 29.8 Å². The molecule has 0 radical (unpaired) electrons. The third-order valence-corrected chi connectivity index (χ3v) is 4.48. The first-order chi connectivity index (χ1) is 14.4. The molecule has 0 N–H and O–H groups in total. The van der Waals surface area contributed by atoms with Crippen LogP contribution in [0.15, 0.2) is 53.2 Å². The predicted octanol–water partition coefficient (Wildman–Crippen LogP) is 3.55. The molecule has 30 heavy (non-hydrogen) atoms. The molecule has 156 valence electrons. The normalized spacial score (nSPS) is 14.3. The van der Waals surface area contributed by atoms with Gasteiger partial charge in [-0.05, 0) is 42.8 Å². The van der Waals surface area contributed by atoms with Gasteiger partial charge in [0.15, 0.2) is 23.8 Å². The quantitative estimate of drug-likeness (QED) is 0.498. The maximum Gasteiger partial charge on any atom is 0.363 e. The van der Waals surface area contributed by atoms with Crippen molar-refractivity contribution >= 4 is 35.5 Å². The van der Waals surface area contributed by atoms with E-state index in [4.69, 9.17) is 25.8 Å². The Morgan fingerprint density at radius 3 is 2.63 bits per heavy atom. The molecule has 0 bridgehead atoms. The molecule has 8 heteroatoms. The van der Waals surface area contributed by atoms with Gasteiger partial charge in [0.1, 0.15) is 0 Å². The molecule has 0 saturated carbocycles. The highest BCUT2D eigenvalue weighted by atomic mass is 35.5. The number of hydrogen-bond donors (Lipinski definition) is 0. The van der Waals surface area contributed by atoms with Crippen LogP contribution in [0.25, 0.3) is 6.08 Å². The number of likely N-dealkylation sites (N-methyl/N-ethyl adjacent to an activating group) is 1. The Labute approximate surface area is 179 Å². The molecule has 0 spiro atoms. The summed E-state index contributed by atoms with van der Waals surface area (Å²) in [4.78, 5) is 29.7. The molecular formula is C22H21ClN2O5. The van der Waals surface area contributed by atoms with Crippen molar-refractivity contribution in [2.45, 2.75) is 6.92 Å². The van der Waals surface area contributed by atoms with Crippen LogP contribution < -0.4 is 9.47 Å². The molecule has 1 aliphatic heterocycles. The smallest absolute Gasteiger partial charge is 0.363 e. The van der Waals surface area contributed by atoms with Crippen molar-refractivity contribution in [2.24, 2.45) is 4.99 Å². The van der Waals surface area contributed by atoms with E-state index in [0.29, 0.717) is 34.3 Å². The minimum Gasteiger partial charge on any atom is -0.490 e. The Bertz CT molecular complexity index is 1030. The molecule has 0 aliphatic carbocycles. The third-order valence-electron chi connectivity index (χ3n) is 4.15. The molecule has 0 atom stereocenters. The summed E-state index contributed by atoms with van der Waals surface area (Å²) in [5, 5.41) is 0.442. The van der Waals surface area contributed by atoms with Gasteiger partial charge < -0.3 is 19.1 Å². The number of hydrogen-bond acceptors (Lipinski definition) is 6. The van der Waals surface area contributed by atoms with Crippen molar-refractivity contribution in [3.05, 3.63) is 64.3 Å². The van der Waals surface area contributed by atoms with Crippen LogP contribution in [0.1, 0.15) is 18.1 Å². The van der Waals surface area contributed by atoms with E-state index >= 15 is 0 Å². The topological polar surface area (TPSA) is 77.4 Å². The first-order valence-electron chi connectivity index (χ1n) is 9.26. The Kier molecular flexibility index (Phi) is 6.74. The van der Waals surface area contributed by atoms with Gasteiger partial charge in [-0.15, -0.1) is 0 Å². The van der Waals surface area contributed by atoms with Crippen LogP contribution >= 0.6 is 11.6 Å². The summed E-state index contributed by atoms with van der Waals surface area (Å²) in [6.45, 7) is 2.15.